The third-order valence-electron chi connectivity index (χ3n) is 5.07. The van der Waals surface area contributed by atoms with Gasteiger partial charge >= 0.3 is 0 Å². The molecule has 3 rings (SSSR count). The Labute approximate surface area is 202 Å². The van der Waals surface area contributed by atoms with Crippen molar-refractivity contribution in [3.8, 4) is 0 Å². The number of amides is 3. The highest BCUT2D eigenvalue weighted by molar-refractivity contribution is 7.12. The SMILES string of the molecule is Cc1ccc(CNC(=O)c2ccccc2NC(=O)CCNC(=O)CCC(=O)c2cccs2)cc1. The van der Waals surface area contributed by atoms with Crippen molar-refractivity contribution < 1.29 is 19.2 Å². The number of rotatable bonds is 11. The van der Waals surface area contributed by atoms with Gasteiger partial charge in [0.15, 0.2) is 5.78 Å². The van der Waals surface area contributed by atoms with Gasteiger partial charge in [0.1, 0.15) is 0 Å². The maximum absolute atomic E-state index is 12.7. The zero-order chi connectivity index (χ0) is 24.3. The van der Waals surface area contributed by atoms with Crippen LogP contribution >= 0.6 is 11.3 Å². The molecule has 3 N–H and O–H groups in total. The minimum atomic E-state index is -0.325. The second-order valence-corrected chi connectivity index (χ2v) is 8.71. The van der Waals surface area contributed by atoms with Crippen LogP contribution in [0.3, 0.4) is 0 Å². The number of benzene rings is 2. The molecule has 3 amide bonds. The van der Waals surface area contributed by atoms with Gasteiger partial charge in [-0.2, -0.15) is 0 Å². The van der Waals surface area contributed by atoms with Crippen LogP contribution in [-0.2, 0) is 16.1 Å². The molecule has 7 nitrogen and oxygen atoms in total. The van der Waals surface area contributed by atoms with E-state index in [4.69, 9.17) is 0 Å². The van der Waals surface area contributed by atoms with Crippen molar-refractivity contribution in [2.45, 2.75) is 32.7 Å². The van der Waals surface area contributed by atoms with E-state index in [1.807, 2.05) is 36.6 Å². The summed E-state index contributed by atoms with van der Waals surface area (Å²) in [4.78, 5) is 49.6. The van der Waals surface area contributed by atoms with Crippen LogP contribution in [0, 0.1) is 6.92 Å². The number of carbonyl (C=O) groups excluding carboxylic acids is 4. The molecule has 34 heavy (non-hydrogen) atoms. The van der Waals surface area contributed by atoms with Gasteiger partial charge in [-0.15, -0.1) is 11.3 Å². The first-order valence-electron chi connectivity index (χ1n) is 11.0. The van der Waals surface area contributed by atoms with E-state index in [-0.39, 0.29) is 49.3 Å². The molecule has 0 aliphatic carbocycles. The maximum Gasteiger partial charge on any atom is 0.253 e. The Kier molecular flexibility index (Phi) is 9.11. The predicted octanol–water partition coefficient (Wildman–Crippen LogP) is 4.09. The molecular formula is C26H27N3O4S. The molecule has 0 fully saturated rings. The minimum Gasteiger partial charge on any atom is -0.356 e. The number of Topliss-reactive ketones (excluding diaryl/α,β-unsaturated/α-hetero) is 1. The van der Waals surface area contributed by atoms with E-state index >= 15 is 0 Å². The highest BCUT2D eigenvalue weighted by Gasteiger charge is 2.14. The molecule has 0 unspecified atom stereocenters. The summed E-state index contributed by atoms with van der Waals surface area (Å²) in [6.45, 7) is 2.52. The summed E-state index contributed by atoms with van der Waals surface area (Å²) in [5.74, 6) is -0.970. The van der Waals surface area contributed by atoms with Crippen molar-refractivity contribution in [2.75, 3.05) is 11.9 Å². The summed E-state index contributed by atoms with van der Waals surface area (Å²) in [5.41, 5.74) is 2.89. The molecule has 0 atom stereocenters. The lowest BCUT2D eigenvalue weighted by atomic mass is 10.1. The molecule has 0 spiro atoms. The zero-order valence-electron chi connectivity index (χ0n) is 18.9. The predicted molar refractivity (Wildman–Crippen MR) is 133 cm³/mol. The number of hydrogen-bond donors (Lipinski definition) is 3. The first kappa shape index (κ1) is 24.9. The molecule has 0 aliphatic heterocycles. The second-order valence-electron chi connectivity index (χ2n) is 7.76. The lowest BCUT2D eigenvalue weighted by Gasteiger charge is -2.12. The van der Waals surface area contributed by atoms with Crippen molar-refractivity contribution in [1.82, 2.24) is 10.6 Å². The number of ketones is 1. The van der Waals surface area contributed by atoms with Gasteiger partial charge in [0, 0.05) is 32.4 Å². The number of hydrogen-bond acceptors (Lipinski definition) is 5. The van der Waals surface area contributed by atoms with Crippen LogP contribution in [0.1, 0.15) is 50.4 Å². The van der Waals surface area contributed by atoms with Crippen LogP contribution in [0.4, 0.5) is 5.69 Å². The quantitative estimate of drug-likeness (QED) is 0.362. The third-order valence-corrected chi connectivity index (χ3v) is 5.98. The monoisotopic (exact) mass is 477 g/mol. The highest BCUT2D eigenvalue weighted by Crippen LogP contribution is 2.16. The summed E-state index contributed by atoms with van der Waals surface area (Å²) >= 11 is 1.35. The third kappa shape index (κ3) is 7.67. The molecule has 3 aromatic rings. The molecule has 0 aliphatic rings. The van der Waals surface area contributed by atoms with E-state index in [2.05, 4.69) is 16.0 Å². The Morgan fingerprint density at radius 3 is 2.29 bits per heavy atom. The van der Waals surface area contributed by atoms with Crippen molar-refractivity contribution in [3.05, 3.63) is 87.6 Å². The lowest BCUT2D eigenvalue weighted by Crippen LogP contribution is -2.28. The van der Waals surface area contributed by atoms with E-state index in [1.165, 1.54) is 11.3 Å². The fraction of sp³-hybridized carbons (Fsp3) is 0.231. The Morgan fingerprint density at radius 2 is 1.56 bits per heavy atom. The molecular weight excluding hydrogens is 450 g/mol. The van der Waals surface area contributed by atoms with Crippen molar-refractivity contribution in [3.63, 3.8) is 0 Å². The molecule has 1 heterocycles. The van der Waals surface area contributed by atoms with Crippen molar-refractivity contribution in [2.24, 2.45) is 0 Å². The molecule has 0 radical (unpaired) electrons. The van der Waals surface area contributed by atoms with Crippen LogP contribution in [0.15, 0.2) is 66.0 Å². The van der Waals surface area contributed by atoms with Crippen molar-refractivity contribution >= 4 is 40.5 Å². The number of para-hydroxylation sites is 1. The van der Waals surface area contributed by atoms with Gasteiger partial charge in [-0.1, -0.05) is 48.0 Å². The summed E-state index contributed by atoms with van der Waals surface area (Å²) in [6.07, 6.45) is 0.246. The molecule has 8 heteroatoms. The van der Waals surface area contributed by atoms with E-state index < -0.39 is 0 Å². The van der Waals surface area contributed by atoms with Gasteiger partial charge in [-0.25, -0.2) is 0 Å². The van der Waals surface area contributed by atoms with E-state index in [0.717, 1.165) is 11.1 Å². The van der Waals surface area contributed by atoms with Gasteiger partial charge < -0.3 is 16.0 Å². The Hall–Kier alpha value is -3.78. The van der Waals surface area contributed by atoms with E-state index in [0.29, 0.717) is 22.7 Å². The number of thiophene rings is 1. The average Bonchev–Trinajstić information content (AvgIpc) is 3.37. The Morgan fingerprint density at radius 1 is 0.794 bits per heavy atom. The largest absolute Gasteiger partial charge is 0.356 e. The molecule has 0 bridgehead atoms. The van der Waals surface area contributed by atoms with Gasteiger partial charge in [0.05, 0.1) is 16.1 Å². The number of anilines is 1. The molecule has 2 aromatic carbocycles. The standard InChI is InChI=1S/C26H27N3O4S/c1-18-8-10-19(11-9-18)17-28-26(33)20-5-2-3-6-21(20)29-25(32)14-15-27-24(31)13-12-22(30)23-7-4-16-34-23/h2-11,16H,12-15,17H2,1H3,(H,27,31)(H,28,33)(H,29,32). The summed E-state index contributed by atoms with van der Waals surface area (Å²) in [7, 11) is 0. The molecule has 0 saturated carbocycles. The Balaban J connectivity index is 1.42. The number of nitrogens with one attached hydrogen (secondary N) is 3. The van der Waals surface area contributed by atoms with Gasteiger partial charge in [0.2, 0.25) is 11.8 Å². The topological polar surface area (TPSA) is 104 Å². The van der Waals surface area contributed by atoms with Crippen LogP contribution in [0.2, 0.25) is 0 Å². The fourth-order valence-electron chi connectivity index (χ4n) is 3.18. The summed E-state index contributed by atoms with van der Waals surface area (Å²) in [6, 6.07) is 18.2. The minimum absolute atomic E-state index is 0.0456. The molecule has 176 valence electrons. The highest BCUT2D eigenvalue weighted by atomic mass is 32.1. The lowest BCUT2D eigenvalue weighted by molar-refractivity contribution is -0.121. The normalized spacial score (nSPS) is 10.4. The van der Waals surface area contributed by atoms with Crippen molar-refractivity contribution in [1.29, 1.82) is 0 Å². The molecule has 1 aromatic heterocycles. The summed E-state index contributed by atoms with van der Waals surface area (Å²) < 4.78 is 0. The summed E-state index contributed by atoms with van der Waals surface area (Å²) in [5, 5.41) is 10.1. The van der Waals surface area contributed by atoms with E-state index in [9.17, 15) is 19.2 Å². The first-order chi connectivity index (χ1) is 16.4. The Bertz CT molecular complexity index is 1140. The second kappa shape index (κ2) is 12.5. The van der Waals surface area contributed by atoms with Crippen LogP contribution < -0.4 is 16.0 Å². The van der Waals surface area contributed by atoms with Crippen LogP contribution in [0.5, 0.6) is 0 Å². The van der Waals surface area contributed by atoms with Crippen LogP contribution in [-0.4, -0.2) is 30.0 Å². The maximum atomic E-state index is 12.7. The van der Waals surface area contributed by atoms with Gasteiger partial charge in [0.25, 0.3) is 5.91 Å². The zero-order valence-corrected chi connectivity index (χ0v) is 19.7. The fourth-order valence-corrected chi connectivity index (χ4v) is 3.87. The van der Waals surface area contributed by atoms with Gasteiger partial charge in [-0.3, -0.25) is 19.2 Å². The molecule has 0 saturated heterocycles. The van der Waals surface area contributed by atoms with Crippen LogP contribution in [0.25, 0.3) is 0 Å². The van der Waals surface area contributed by atoms with E-state index in [1.54, 1.807) is 36.4 Å². The number of carbonyl (C=O) groups is 4. The average molecular weight is 478 g/mol. The van der Waals surface area contributed by atoms with Gasteiger partial charge in [-0.05, 0) is 36.1 Å². The number of aryl methyl sites for hydroxylation is 1. The smallest absolute Gasteiger partial charge is 0.253 e. The first-order valence-corrected chi connectivity index (χ1v) is 11.9.